The fourth-order valence-corrected chi connectivity index (χ4v) is 3.55. The molecule has 1 N–H and O–H groups in total. The normalized spacial score (nSPS) is 16.3. The van der Waals surface area contributed by atoms with E-state index < -0.39 is 0 Å². The summed E-state index contributed by atoms with van der Waals surface area (Å²) in [7, 11) is 0. The standard InChI is InChI=1S/C18H16N4OS/c1-11-7-8-15(19-9-11)22-16(21-18-20-12(2)10-24-18)13-5-3-4-6-14(13)17(22)23/h3-10,16H,1-2H3,(H,20,21)/t16-/m0/s1. The van der Waals surface area contributed by atoms with Crippen LogP contribution in [-0.4, -0.2) is 15.9 Å². The number of nitrogens with one attached hydrogen (secondary N) is 1. The molecule has 0 spiro atoms. The Balaban J connectivity index is 1.78. The van der Waals surface area contributed by atoms with Crippen molar-refractivity contribution in [2.45, 2.75) is 20.0 Å². The number of carbonyl (C=O) groups excluding carboxylic acids is 1. The van der Waals surface area contributed by atoms with Crippen LogP contribution in [0.3, 0.4) is 0 Å². The lowest BCUT2D eigenvalue weighted by Crippen LogP contribution is -2.32. The third-order valence-electron chi connectivity index (χ3n) is 3.98. The van der Waals surface area contributed by atoms with Crippen molar-refractivity contribution in [3.8, 4) is 0 Å². The van der Waals surface area contributed by atoms with Crippen LogP contribution in [0.15, 0.2) is 48.0 Å². The number of amides is 1. The van der Waals surface area contributed by atoms with Gasteiger partial charge in [-0.25, -0.2) is 9.97 Å². The fraction of sp³-hybridized carbons (Fsp3) is 0.167. The maximum atomic E-state index is 12.9. The molecule has 3 aromatic rings. The third-order valence-corrected chi connectivity index (χ3v) is 4.88. The molecule has 0 aliphatic carbocycles. The highest BCUT2D eigenvalue weighted by Gasteiger charge is 2.38. The van der Waals surface area contributed by atoms with E-state index in [4.69, 9.17) is 0 Å². The first-order valence-electron chi connectivity index (χ1n) is 7.67. The summed E-state index contributed by atoms with van der Waals surface area (Å²) in [5, 5.41) is 6.16. The van der Waals surface area contributed by atoms with E-state index in [0.717, 1.165) is 22.0 Å². The number of pyridine rings is 1. The maximum absolute atomic E-state index is 12.9. The van der Waals surface area contributed by atoms with E-state index in [9.17, 15) is 4.79 Å². The SMILES string of the molecule is Cc1ccc(N2C(=O)c3ccccc3[C@H]2Nc2nc(C)cs2)nc1. The van der Waals surface area contributed by atoms with Crippen molar-refractivity contribution in [3.05, 3.63) is 70.4 Å². The minimum absolute atomic E-state index is 0.0484. The molecule has 2 aromatic heterocycles. The Kier molecular flexibility index (Phi) is 3.54. The molecule has 0 saturated carbocycles. The summed E-state index contributed by atoms with van der Waals surface area (Å²) in [5.74, 6) is 0.584. The van der Waals surface area contributed by atoms with Crippen LogP contribution in [0.2, 0.25) is 0 Å². The average Bonchev–Trinajstić information content (AvgIpc) is 3.11. The lowest BCUT2D eigenvalue weighted by Gasteiger charge is -2.25. The van der Waals surface area contributed by atoms with Gasteiger partial charge < -0.3 is 5.32 Å². The van der Waals surface area contributed by atoms with Gasteiger partial charge in [0.2, 0.25) is 0 Å². The van der Waals surface area contributed by atoms with E-state index in [2.05, 4.69) is 15.3 Å². The highest BCUT2D eigenvalue weighted by Crippen LogP contribution is 2.37. The van der Waals surface area contributed by atoms with Crippen LogP contribution >= 0.6 is 11.3 Å². The molecular weight excluding hydrogens is 320 g/mol. The zero-order valence-corrected chi connectivity index (χ0v) is 14.2. The monoisotopic (exact) mass is 336 g/mol. The highest BCUT2D eigenvalue weighted by molar-refractivity contribution is 7.13. The third kappa shape index (κ3) is 2.45. The van der Waals surface area contributed by atoms with Crippen LogP contribution in [0.4, 0.5) is 10.9 Å². The number of hydrogen-bond donors (Lipinski definition) is 1. The molecule has 0 saturated heterocycles. The van der Waals surface area contributed by atoms with E-state index in [1.54, 1.807) is 11.1 Å². The Labute approximate surface area is 144 Å². The molecule has 0 radical (unpaired) electrons. The van der Waals surface area contributed by atoms with Gasteiger partial charge in [-0.15, -0.1) is 11.3 Å². The summed E-state index contributed by atoms with van der Waals surface area (Å²) in [5.41, 5.74) is 3.66. The molecule has 5 nitrogen and oxygen atoms in total. The maximum Gasteiger partial charge on any atom is 0.261 e. The Morgan fingerprint density at radius 1 is 1.17 bits per heavy atom. The number of nitrogens with zero attached hydrogens (tertiary/aromatic N) is 3. The second kappa shape index (κ2) is 5.72. The van der Waals surface area contributed by atoms with Crippen molar-refractivity contribution < 1.29 is 4.79 Å². The minimum atomic E-state index is -0.311. The molecule has 4 rings (SSSR count). The van der Waals surface area contributed by atoms with E-state index in [-0.39, 0.29) is 12.1 Å². The molecule has 1 aromatic carbocycles. The van der Waals surface area contributed by atoms with Gasteiger partial charge in [0, 0.05) is 22.7 Å². The van der Waals surface area contributed by atoms with Crippen LogP contribution in [0.5, 0.6) is 0 Å². The first-order chi connectivity index (χ1) is 11.6. The highest BCUT2D eigenvalue weighted by atomic mass is 32.1. The summed E-state index contributed by atoms with van der Waals surface area (Å²) < 4.78 is 0. The lowest BCUT2D eigenvalue weighted by atomic mass is 10.1. The molecule has 1 aliphatic rings. The Bertz CT molecular complexity index is 903. The number of hydrogen-bond acceptors (Lipinski definition) is 5. The topological polar surface area (TPSA) is 58.1 Å². The average molecular weight is 336 g/mol. The molecular formula is C18H16N4OS. The number of fused-ring (bicyclic) bond motifs is 1. The van der Waals surface area contributed by atoms with Crippen LogP contribution < -0.4 is 10.2 Å². The number of aromatic nitrogens is 2. The quantitative estimate of drug-likeness (QED) is 0.787. The number of anilines is 2. The molecule has 1 aliphatic heterocycles. The van der Waals surface area contributed by atoms with Crippen molar-refractivity contribution in [1.82, 2.24) is 9.97 Å². The second-order valence-corrected chi connectivity index (χ2v) is 6.66. The van der Waals surface area contributed by atoms with Crippen LogP contribution in [0.1, 0.15) is 33.3 Å². The van der Waals surface area contributed by atoms with Gasteiger partial charge in [-0.3, -0.25) is 9.69 Å². The number of aryl methyl sites for hydroxylation is 2. The Morgan fingerprint density at radius 2 is 2.00 bits per heavy atom. The fourth-order valence-electron chi connectivity index (χ4n) is 2.83. The molecule has 0 fully saturated rings. The van der Waals surface area contributed by atoms with Gasteiger partial charge in [-0.1, -0.05) is 24.3 Å². The van der Waals surface area contributed by atoms with E-state index >= 15 is 0 Å². The van der Waals surface area contributed by atoms with E-state index in [1.807, 2.05) is 55.6 Å². The van der Waals surface area contributed by atoms with Gasteiger partial charge in [0.25, 0.3) is 5.91 Å². The number of thiazole rings is 1. The van der Waals surface area contributed by atoms with Crippen molar-refractivity contribution in [2.75, 3.05) is 10.2 Å². The number of rotatable bonds is 3. The minimum Gasteiger partial charge on any atom is -0.337 e. The van der Waals surface area contributed by atoms with Gasteiger partial charge in [-0.05, 0) is 31.5 Å². The number of carbonyl (C=O) groups is 1. The van der Waals surface area contributed by atoms with Crippen molar-refractivity contribution in [2.24, 2.45) is 0 Å². The van der Waals surface area contributed by atoms with Crippen molar-refractivity contribution in [1.29, 1.82) is 0 Å². The summed E-state index contributed by atoms with van der Waals surface area (Å²) in [6.07, 6.45) is 1.46. The molecule has 1 atom stereocenters. The molecule has 0 bridgehead atoms. The molecule has 6 heteroatoms. The molecule has 24 heavy (non-hydrogen) atoms. The first-order valence-corrected chi connectivity index (χ1v) is 8.55. The van der Waals surface area contributed by atoms with Gasteiger partial charge in [0.15, 0.2) is 5.13 Å². The summed E-state index contributed by atoms with van der Waals surface area (Å²) >= 11 is 1.53. The summed E-state index contributed by atoms with van der Waals surface area (Å²) in [4.78, 5) is 23.5. The van der Waals surface area contributed by atoms with Crippen molar-refractivity contribution >= 4 is 28.2 Å². The lowest BCUT2D eigenvalue weighted by molar-refractivity contribution is 0.0992. The second-order valence-electron chi connectivity index (χ2n) is 5.80. The summed E-state index contributed by atoms with van der Waals surface area (Å²) in [6.45, 7) is 3.93. The molecule has 120 valence electrons. The van der Waals surface area contributed by atoms with E-state index in [1.165, 1.54) is 11.3 Å². The van der Waals surface area contributed by atoms with Crippen LogP contribution in [0, 0.1) is 13.8 Å². The smallest absolute Gasteiger partial charge is 0.261 e. The molecule has 3 heterocycles. The van der Waals surface area contributed by atoms with Crippen LogP contribution in [0.25, 0.3) is 0 Å². The van der Waals surface area contributed by atoms with Gasteiger partial charge in [0.1, 0.15) is 12.0 Å². The largest absolute Gasteiger partial charge is 0.337 e. The predicted octanol–water partition coefficient (Wildman–Crippen LogP) is 3.93. The summed E-state index contributed by atoms with van der Waals surface area (Å²) in [6, 6.07) is 11.5. The zero-order valence-electron chi connectivity index (χ0n) is 13.4. The van der Waals surface area contributed by atoms with Gasteiger partial charge >= 0.3 is 0 Å². The predicted molar refractivity (Wildman–Crippen MR) is 95.4 cm³/mol. The van der Waals surface area contributed by atoms with E-state index in [0.29, 0.717) is 11.4 Å². The molecule has 0 unspecified atom stereocenters. The Hall–Kier alpha value is -2.73. The number of benzene rings is 1. The van der Waals surface area contributed by atoms with Crippen molar-refractivity contribution in [3.63, 3.8) is 0 Å². The molecule has 1 amide bonds. The van der Waals surface area contributed by atoms with Gasteiger partial charge in [-0.2, -0.15) is 0 Å². The Morgan fingerprint density at radius 3 is 2.71 bits per heavy atom. The van der Waals surface area contributed by atoms with Crippen LogP contribution in [-0.2, 0) is 0 Å². The first kappa shape index (κ1) is 14.8. The zero-order chi connectivity index (χ0) is 16.7. The van der Waals surface area contributed by atoms with Gasteiger partial charge in [0.05, 0.1) is 5.69 Å².